The number of halogens is 1. The molecule has 12 nitrogen and oxygen atoms in total. The van der Waals surface area contributed by atoms with Gasteiger partial charge in [-0.2, -0.15) is 5.10 Å². The molecule has 0 aliphatic rings. The summed E-state index contributed by atoms with van der Waals surface area (Å²) in [7, 11) is -3.46. The lowest BCUT2D eigenvalue weighted by molar-refractivity contribution is -0.115. The van der Waals surface area contributed by atoms with Crippen LogP contribution in [0.1, 0.15) is 18.9 Å². The predicted molar refractivity (Wildman–Crippen MR) is 156 cm³/mol. The van der Waals surface area contributed by atoms with E-state index in [1.54, 1.807) is 49.9 Å². The Bertz CT molecular complexity index is 2090. The van der Waals surface area contributed by atoms with Crippen LogP contribution in [0.25, 0.3) is 56.0 Å². The summed E-state index contributed by atoms with van der Waals surface area (Å²) in [6.45, 7) is 1.71. The molecule has 14 heteroatoms. The second-order valence-electron chi connectivity index (χ2n) is 9.63. The minimum atomic E-state index is -3.46. The van der Waals surface area contributed by atoms with Gasteiger partial charge in [0.05, 0.1) is 46.8 Å². The van der Waals surface area contributed by atoms with Gasteiger partial charge in [-0.15, -0.1) is 0 Å². The molecule has 0 saturated carbocycles. The van der Waals surface area contributed by atoms with Crippen molar-refractivity contribution in [3.8, 4) is 34.0 Å². The molecule has 0 atom stereocenters. The van der Waals surface area contributed by atoms with Crippen LogP contribution in [0.5, 0.6) is 0 Å². The van der Waals surface area contributed by atoms with Gasteiger partial charge in [0.25, 0.3) is 0 Å². The van der Waals surface area contributed by atoms with Crippen LogP contribution in [-0.4, -0.2) is 55.7 Å². The first-order chi connectivity index (χ1) is 20.2. The first kappa shape index (κ1) is 27.1. The zero-order valence-electron chi connectivity index (χ0n) is 22.4. The number of nitrogens with zero attached hydrogens (tertiary/aromatic N) is 5. The van der Waals surface area contributed by atoms with Crippen LogP contribution >= 0.6 is 0 Å². The van der Waals surface area contributed by atoms with E-state index in [2.05, 4.69) is 40.2 Å². The van der Waals surface area contributed by atoms with Crippen molar-refractivity contribution < 1.29 is 17.6 Å². The van der Waals surface area contributed by atoms with Crippen LogP contribution < -0.4 is 10.0 Å². The highest BCUT2D eigenvalue weighted by molar-refractivity contribution is 7.88. The third-order valence-corrected chi connectivity index (χ3v) is 7.15. The number of imidazole rings is 1. The lowest BCUT2D eigenvalue weighted by atomic mass is 10.1. The first-order valence-corrected chi connectivity index (χ1v) is 14.7. The quantitative estimate of drug-likeness (QED) is 0.206. The van der Waals surface area contributed by atoms with Crippen LogP contribution in [-0.2, 0) is 21.4 Å². The maximum atomic E-state index is 14.5. The first-order valence-electron chi connectivity index (χ1n) is 12.9. The molecule has 5 heterocycles. The minimum absolute atomic E-state index is 0.0651. The Balaban J connectivity index is 1.39. The van der Waals surface area contributed by atoms with Gasteiger partial charge >= 0.3 is 0 Å². The molecule has 1 aromatic carbocycles. The van der Waals surface area contributed by atoms with Crippen molar-refractivity contribution in [2.75, 3.05) is 11.6 Å². The van der Waals surface area contributed by atoms with Crippen molar-refractivity contribution in [2.24, 2.45) is 0 Å². The monoisotopic (exact) mass is 585 g/mol. The van der Waals surface area contributed by atoms with Crippen LogP contribution in [0.3, 0.4) is 0 Å². The van der Waals surface area contributed by atoms with E-state index in [-0.39, 0.29) is 12.5 Å². The van der Waals surface area contributed by atoms with Crippen molar-refractivity contribution in [3.05, 3.63) is 72.6 Å². The highest BCUT2D eigenvalue weighted by Gasteiger charge is 2.18. The van der Waals surface area contributed by atoms with E-state index >= 15 is 0 Å². The maximum Gasteiger partial charge on any atom is 0.224 e. The molecule has 0 aliphatic carbocycles. The molecular formula is C28H24FN9O3S. The fourth-order valence-electron chi connectivity index (χ4n) is 4.52. The van der Waals surface area contributed by atoms with E-state index in [1.807, 2.05) is 6.07 Å². The largest absolute Gasteiger partial charge is 0.336 e. The molecule has 5 aromatic heterocycles. The van der Waals surface area contributed by atoms with Gasteiger partial charge in [-0.25, -0.2) is 22.5 Å². The molecule has 0 bridgehead atoms. The van der Waals surface area contributed by atoms with Crippen LogP contribution in [0.15, 0.2) is 61.2 Å². The van der Waals surface area contributed by atoms with Gasteiger partial charge in [0.2, 0.25) is 15.9 Å². The summed E-state index contributed by atoms with van der Waals surface area (Å²) in [5.74, 6) is -0.188. The average molecular weight is 586 g/mol. The van der Waals surface area contributed by atoms with Gasteiger partial charge in [0, 0.05) is 41.9 Å². The molecule has 42 heavy (non-hydrogen) atoms. The number of hydrogen-bond acceptors (Lipinski definition) is 8. The predicted octanol–water partition coefficient (Wildman–Crippen LogP) is 4.16. The number of H-pyrrole nitrogens is 2. The number of aromatic amines is 2. The number of hydrogen-bond donors (Lipinski definition) is 4. The number of aromatic nitrogens is 7. The van der Waals surface area contributed by atoms with Crippen molar-refractivity contribution in [1.29, 1.82) is 0 Å². The van der Waals surface area contributed by atoms with Crippen molar-refractivity contribution >= 4 is 43.6 Å². The molecule has 0 saturated heterocycles. The van der Waals surface area contributed by atoms with Gasteiger partial charge in [-0.05, 0) is 42.0 Å². The molecule has 6 rings (SSSR count). The summed E-state index contributed by atoms with van der Waals surface area (Å²) in [4.78, 5) is 33.1. The molecule has 0 fully saturated rings. The molecule has 4 N–H and O–H groups in total. The van der Waals surface area contributed by atoms with E-state index in [0.717, 1.165) is 11.6 Å². The summed E-state index contributed by atoms with van der Waals surface area (Å²) >= 11 is 0. The van der Waals surface area contributed by atoms with Crippen LogP contribution in [0.4, 0.5) is 10.1 Å². The van der Waals surface area contributed by atoms with Crippen LogP contribution in [0.2, 0.25) is 0 Å². The van der Waals surface area contributed by atoms with E-state index in [0.29, 0.717) is 68.3 Å². The summed E-state index contributed by atoms with van der Waals surface area (Å²) in [6, 6.07) is 9.67. The Hall–Kier alpha value is -5.08. The van der Waals surface area contributed by atoms with Crippen molar-refractivity contribution in [1.82, 2.24) is 39.8 Å². The number of fused-ring (bicyclic) bond motifs is 2. The lowest BCUT2D eigenvalue weighted by Crippen LogP contribution is -2.21. The number of amides is 1. The summed E-state index contributed by atoms with van der Waals surface area (Å²) in [5, 5.41) is 11.0. The van der Waals surface area contributed by atoms with Gasteiger partial charge < -0.3 is 10.3 Å². The Kier molecular flexibility index (Phi) is 6.92. The van der Waals surface area contributed by atoms with E-state index in [9.17, 15) is 17.6 Å². The van der Waals surface area contributed by atoms with Gasteiger partial charge in [0.15, 0.2) is 5.82 Å². The Morgan fingerprint density at radius 2 is 1.86 bits per heavy atom. The normalized spacial score (nSPS) is 11.8. The number of benzene rings is 1. The summed E-state index contributed by atoms with van der Waals surface area (Å²) in [5.41, 5.74) is 5.59. The minimum Gasteiger partial charge on any atom is -0.336 e. The molecule has 0 unspecified atom stereocenters. The molecule has 212 valence electrons. The van der Waals surface area contributed by atoms with E-state index in [1.165, 1.54) is 12.1 Å². The van der Waals surface area contributed by atoms with Crippen molar-refractivity contribution in [3.63, 3.8) is 0 Å². The Morgan fingerprint density at radius 3 is 2.67 bits per heavy atom. The zero-order chi connectivity index (χ0) is 29.4. The SMILES string of the molecule is CCC(=O)Nc1cncc(-c2cc3c(-c4nc5c(-c6cc(F)cc(CNS(C)(=O)=O)c6)nccc5[nH]4)n[nH]c3cn2)c1. The number of pyridine rings is 3. The fourth-order valence-corrected chi connectivity index (χ4v) is 4.94. The topological polar surface area (TPSA) is 171 Å². The standard InChI is InChI=1S/C28H24FN9O3S/c1-3-24(39)34-19-9-17(12-30-13-19)22-10-20-23(14-32-22)37-38-26(20)28-35-21-4-5-31-25(27(21)36-28)16-6-15(7-18(29)8-16)11-33-42(2,40)41/h4-10,12-14,33H,3,11H2,1-2H3,(H,34,39)(H,35,36)(H,37,38). The number of anilines is 1. The second kappa shape index (κ2) is 10.7. The van der Waals surface area contributed by atoms with E-state index in [4.69, 9.17) is 4.98 Å². The number of carbonyl (C=O) groups excluding carboxylic acids is 1. The average Bonchev–Trinajstić information content (AvgIpc) is 3.59. The molecule has 1 amide bonds. The molecule has 0 radical (unpaired) electrons. The molecule has 0 aliphatic heterocycles. The number of rotatable bonds is 8. The summed E-state index contributed by atoms with van der Waals surface area (Å²) < 4.78 is 40.0. The number of carbonyl (C=O) groups is 1. The Labute approximate surface area is 238 Å². The second-order valence-corrected chi connectivity index (χ2v) is 11.5. The number of sulfonamides is 1. The maximum absolute atomic E-state index is 14.5. The van der Waals surface area contributed by atoms with Crippen LogP contribution in [0, 0.1) is 5.82 Å². The third-order valence-electron chi connectivity index (χ3n) is 6.48. The van der Waals surface area contributed by atoms with E-state index < -0.39 is 15.8 Å². The number of nitrogens with one attached hydrogen (secondary N) is 4. The highest BCUT2D eigenvalue weighted by atomic mass is 32.2. The third kappa shape index (κ3) is 5.57. The van der Waals surface area contributed by atoms with Crippen molar-refractivity contribution in [2.45, 2.75) is 19.9 Å². The lowest BCUT2D eigenvalue weighted by Gasteiger charge is -2.07. The van der Waals surface area contributed by atoms with Gasteiger partial charge in [-0.1, -0.05) is 6.92 Å². The summed E-state index contributed by atoms with van der Waals surface area (Å²) in [6.07, 6.45) is 7.87. The van der Waals surface area contributed by atoms with Gasteiger partial charge in [0.1, 0.15) is 17.0 Å². The zero-order valence-corrected chi connectivity index (χ0v) is 23.3. The fraction of sp³-hybridized carbons (Fsp3) is 0.143. The molecule has 6 aromatic rings. The van der Waals surface area contributed by atoms with Gasteiger partial charge in [-0.3, -0.25) is 24.8 Å². The molecular weight excluding hydrogens is 561 g/mol. The molecule has 0 spiro atoms. The highest BCUT2D eigenvalue weighted by Crippen LogP contribution is 2.32. The Morgan fingerprint density at radius 1 is 1.00 bits per heavy atom. The smallest absolute Gasteiger partial charge is 0.224 e.